The Morgan fingerprint density at radius 2 is 0.738 bits per heavy atom. The van der Waals surface area contributed by atoms with Crippen molar-refractivity contribution in [3.05, 3.63) is 215 Å². The Balaban J connectivity index is 0.907. The third kappa shape index (κ3) is 19.2. The molecule has 10 nitrogen and oxygen atoms in total. The molecule has 10 heteroatoms. The van der Waals surface area contributed by atoms with Crippen molar-refractivity contribution in [1.29, 1.82) is 0 Å². The molecule has 2 unspecified atom stereocenters. The molecule has 0 amide bonds. The fraction of sp³-hybridized carbons (Fsp3) is 0.378. The van der Waals surface area contributed by atoms with Crippen LogP contribution in [0.15, 0.2) is 171 Å². The van der Waals surface area contributed by atoms with Crippen molar-refractivity contribution in [2.24, 2.45) is 23.7 Å². The first-order valence-electron chi connectivity index (χ1n) is 30.5. The first-order chi connectivity index (χ1) is 41.1. The molecule has 8 rings (SSSR count). The lowest BCUT2D eigenvalue weighted by Crippen LogP contribution is -2.17. The molecule has 0 radical (unpaired) electrons. The highest BCUT2D eigenvalue weighted by Crippen LogP contribution is 2.42. The van der Waals surface area contributed by atoms with Gasteiger partial charge in [-0.25, -0.2) is 19.2 Å². The quantitative estimate of drug-likeness (QED) is 0.0154. The Morgan fingerprint density at radius 3 is 1.06 bits per heavy atom. The van der Waals surface area contributed by atoms with E-state index >= 15 is 0 Å². The van der Waals surface area contributed by atoms with E-state index in [0.29, 0.717) is 72.0 Å². The summed E-state index contributed by atoms with van der Waals surface area (Å²) >= 11 is 0. The highest BCUT2D eigenvalue weighted by atomic mass is 16.5. The zero-order chi connectivity index (χ0) is 58.9. The van der Waals surface area contributed by atoms with Crippen LogP contribution in [0.2, 0.25) is 0 Å². The second kappa shape index (κ2) is 32.6. The summed E-state index contributed by atoms with van der Waals surface area (Å²) in [6.07, 6.45) is 20.7. The molecular formula is C74H82O10. The van der Waals surface area contributed by atoms with Crippen LogP contribution in [0, 0.1) is 35.5 Å². The SMILES string of the molecule is C=CC(=O)OCCCOc1ccc(C(=O)Oc2ccc(C(CC3CCC(CCC)CC3)c3ccc(C#Cc4ccc(C(CC5CCC(CCC)CC5)c5ccc(OC(=O)c6ccc(OCCCOC(=O)C=C)cc6)cc5)cc4)cc3)cc2)cc1. The van der Waals surface area contributed by atoms with Crippen LogP contribution in [0.1, 0.15) is 183 Å². The molecule has 2 aliphatic rings. The molecule has 2 saturated carbocycles. The number of ether oxygens (including phenoxy) is 6. The van der Waals surface area contributed by atoms with Crippen LogP contribution in [0.5, 0.6) is 23.0 Å². The van der Waals surface area contributed by atoms with Crippen LogP contribution in [-0.2, 0) is 19.1 Å². The van der Waals surface area contributed by atoms with Gasteiger partial charge in [-0.2, -0.15) is 0 Å². The van der Waals surface area contributed by atoms with Crippen molar-refractivity contribution >= 4 is 23.9 Å². The Kier molecular flexibility index (Phi) is 24.0. The number of benzene rings is 6. The van der Waals surface area contributed by atoms with E-state index in [2.05, 4.69) is 112 Å². The minimum Gasteiger partial charge on any atom is -0.493 e. The maximum atomic E-state index is 13.2. The summed E-state index contributed by atoms with van der Waals surface area (Å²) in [5.74, 6) is 10.5. The Labute approximate surface area is 498 Å². The fourth-order valence-corrected chi connectivity index (χ4v) is 11.9. The van der Waals surface area contributed by atoms with Crippen molar-refractivity contribution in [1.82, 2.24) is 0 Å². The van der Waals surface area contributed by atoms with Gasteiger partial charge in [-0.05, 0) is 156 Å². The average Bonchev–Trinajstić information content (AvgIpc) is 3.73. The third-order valence-corrected chi connectivity index (χ3v) is 16.5. The molecule has 0 heterocycles. The summed E-state index contributed by atoms with van der Waals surface area (Å²) in [6, 6.07) is 47.2. The first kappa shape index (κ1) is 61.9. The van der Waals surface area contributed by atoms with Crippen LogP contribution in [0.25, 0.3) is 0 Å². The lowest BCUT2D eigenvalue weighted by molar-refractivity contribution is -0.138. The van der Waals surface area contributed by atoms with Gasteiger partial charge < -0.3 is 28.4 Å². The fourth-order valence-electron chi connectivity index (χ4n) is 11.9. The second-order valence-corrected chi connectivity index (χ2v) is 22.5. The summed E-state index contributed by atoms with van der Waals surface area (Å²) in [4.78, 5) is 48.9. The van der Waals surface area contributed by atoms with E-state index in [9.17, 15) is 19.2 Å². The maximum Gasteiger partial charge on any atom is 0.343 e. The van der Waals surface area contributed by atoms with Crippen molar-refractivity contribution in [2.75, 3.05) is 26.4 Å². The third-order valence-electron chi connectivity index (χ3n) is 16.5. The van der Waals surface area contributed by atoms with Crippen molar-refractivity contribution < 1.29 is 47.6 Å². The molecule has 2 atom stereocenters. The lowest BCUT2D eigenvalue weighted by atomic mass is 9.74. The number of esters is 4. The zero-order valence-electron chi connectivity index (χ0n) is 49.1. The molecule has 2 aliphatic carbocycles. The molecule has 0 saturated heterocycles. The van der Waals surface area contributed by atoms with Crippen LogP contribution in [0.3, 0.4) is 0 Å². The molecule has 6 aromatic carbocycles. The van der Waals surface area contributed by atoms with E-state index in [1.54, 1.807) is 48.5 Å². The van der Waals surface area contributed by atoms with Gasteiger partial charge >= 0.3 is 23.9 Å². The number of rotatable bonds is 28. The molecule has 6 aromatic rings. The van der Waals surface area contributed by atoms with Crippen LogP contribution in [-0.4, -0.2) is 50.3 Å². The van der Waals surface area contributed by atoms with Gasteiger partial charge in [-0.3, -0.25) is 0 Å². The molecule has 438 valence electrons. The minimum absolute atomic E-state index is 0.176. The molecule has 0 aromatic heterocycles. The van der Waals surface area contributed by atoms with Gasteiger partial charge in [-0.1, -0.05) is 164 Å². The largest absolute Gasteiger partial charge is 0.493 e. The highest BCUT2D eigenvalue weighted by Gasteiger charge is 2.27. The summed E-state index contributed by atoms with van der Waals surface area (Å²) < 4.78 is 33.1. The molecule has 0 aliphatic heterocycles. The molecule has 84 heavy (non-hydrogen) atoms. The molecular weight excluding hydrogens is 1050 g/mol. The van der Waals surface area contributed by atoms with E-state index in [1.165, 1.54) is 99.3 Å². The highest BCUT2D eigenvalue weighted by molar-refractivity contribution is 5.91. The van der Waals surface area contributed by atoms with Gasteiger partial charge in [0.25, 0.3) is 0 Å². The standard InChI is InChI=1S/C74H82O10/c1-5-11-53-15-19-57(20-16-53)51-69(61-31-43-67(44-32-61)83-73(77)63-35-39-65(40-36-63)79-47-9-49-81-71(75)7-3)59-27-23-55(24-28-59)13-14-56-25-29-60(30-26-56)70(52-58-21-17-54(12-6-2)18-22-58)62-33-45-68(46-34-62)84-74(78)64-37-41-66(42-38-64)80-48-10-50-82-72(76)8-4/h7-8,23-46,53-54,57-58,69-70H,3-6,9-12,15-22,47-52H2,1-2H3. The Morgan fingerprint density at radius 1 is 0.429 bits per heavy atom. The predicted molar refractivity (Wildman–Crippen MR) is 331 cm³/mol. The zero-order valence-corrected chi connectivity index (χ0v) is 49.1. The molecule has 0 bridgehead atoms. The molecule has 0 spiro atoms. The summed E-state index contributed by atoms with van der Waals surface area (Å²) in [5, 5.41) is 0. The topological polar surface area (TPSA) is 124 Å². The maximum absolute atomic E-state index is 13.2. The summed E-state index contributed by atoms with van der Waals surface area (Å²) in [6.45, 7) is 12.6. The van der Waals surface area contributed by atoms with E-state index in [0.717, 1.165) is 48.0 Å². The van der Waals surface area contributed by atoms with E-state index in [4.69, 9.17) is 28.4 Å². The number of hydrogen-bond acceptors (Lipinski definition) is 10. The average molecular weight is 1130 g/mol. The van der Waals surface area contributed by atoms with Crippen molar-refractivity contribution in [2.45, 2.75) is 128 Å². The summed E-state index contributed by atoms with van der Waals surface area (Å²) in [7, 11) is 0. The van der Waals surface area contributed by atoms with Gasteiger partial charge in [0.1, 0.15) is 23.0 Å². The van der Waals surface area contributed by atoms with Gasteiger partial charge in [-0.15, -0.1) is 0 Å². The van der Waals surface area contributed by atoms with E-state index in [-0.39, 0.29) is 25.0 Å². The van der Waals surface area contributed by atoms with Gasteiger partial charge in [0.2, 0.25) is 0 Å². The van der Waals surface area contributed by atoms with Gasteiger partial charge in [0.05, 0.1) is 37.6 Å². The summed E-state index contributed by atoms with van der Waals surface area (Å²) in [5.41, 5.74) is 7.62. The predicted octanol–water partition coefficient (Wildman–Crippen LogP) is 16.8. The minimum atomic E-state index is -0.462. The number of hydrogen-bond donors (Lipinski definition) is 0. The van der Waals surface area contributed by atoms with Crippen LogP contribution in [0.4, 0.5) is 0 Å². The lowest BCUT2D eigenvalue weighted by Gasteiger charge is -2.31. The normalized spacial score (nSPS) is 17.2. The van der Waals surface area contributed by atoms with Crippen molar-refractivity contribution in [3.63, 3.8) is 0 Å². The first-order valence-corrected chi connectivity index (χ1v) is 30.5. The van der Waals surface area contributed by atoms with Crippen molar-refractivity contribution in [3.8, 4) is 34.8 Å². The number of carbonyl (C=O) groups is 4. The Hall–Kier alpha value is -8.16. The van der Waals surface area contributed by atoms with Gasteiger partial charge in [0.15, 0.2) is 0 Å². The van der Waals surface area contributed by atoms with Crippen LogP contribution < -0.4 is 18.9 Å². The van der Waals surface area contributed by atoms with E-state index in [1.807, 2.05) is 24.3 Å². The second-order valence-electron chi connectivity index (χ2n) is 22.5. The van der Waals surface area contributed by atoms with Crippen LogP contribution >= 0.6 is 0 Å². The monoisotopic (exact) mass is 1130 g/mol. The smallest absolute Gasteiger partial charge is 0.343 e. The van der Waals surface area contributed by atoms with Gasteiger partial charge in [0, 0.05) is 48.0 Å². The molecule has 0 N–H and O–H groups in total. The Bertz CT molecular complexity index is 2890. The van der Waals surface area contributed by atoms with E-state index < -0.39 is 23.9 Å². The molecule has 2 fully saturated rings. The number of carbonyl (C=O) groups excluding carboxylic acids is 4.